The van der Waals surface area contributed by atoms with Crippen LogP contribution in [0.2, 0.25) is 0 Å². The number of piperazine rings is 1. The highest BCUT2D eigenvalue weighted by Gasteiger charge is 2.32. The number of aromatic nitrogens is 1. The van der Waals surface area contributed by atoms with E-state index in [0.29, 0.717) is 31.4 Å². The average Bonchev–Trinajstić information content (AvgIpc) is 3.11. The zero-order chi connectivity index (χ0) is 18.8. The first-order valence-corrected chi connectivity index (χ1v) is 10.00. The number of fused-ring (bicyclic) bond motifs is 1. The Kier molecular flexibility index (Phi) is 5.05. The zero-order valence-corrected chi connectivity index (χ0v) is 15.9. The molecule has 2 aromatic rings. The monoisotopic (exact) mass is 369 g/mol. The van der Waals surface area contributed by atoms with Crippen molar-refractivity contribution < 1.29 is 14.3 Å². The Morgan fingerprint density at radius 2 is 2.00 bits per heavy atom. The maximum absolute atomic E-state index is 12.9. The maximum Gasteiger partial charge on any atom is 0.270 e. The molecule has 6 heteroatoms. The van der Waals surface area contributed by atoms with Crippen molar-refractivity contribution in [3.63, 3.8) is 0 Å². The van der Waals surface area contributed by atoms with Crippen molar-refractivity contribution in [3.8, 4) is 5.75 Å². The largest absolute Gasteiger partial charge is 0.494 e. The number of ether oxygens (including phenoxy) is 1. The quantitative estimate of drug-likeness (QED) is 0.900. The molecule has 0 unspecified atom stereocenters. The Morgan fingerprint density at radius 1 is 1.19 bits per heavy atom. The molecular formula is C21H27N3O3. The number of hydrogen-bond donors (Lipinski definition) is 1. The first-order valence-electron chi connectivity index (χ1n) is 10.00. The van der Waals surface area contributed by atoms with Gasteiger partial charge in [0.1, 0.15) is 18.0 Å². The van der Waals surface area contributed by atoms with Crippen molar-refractivity contribution in [2.24, 2.45) is 0 Å². The molecule has 2 heterocycles. The Bertz CT molecular complexity index is 838. The Morgan fingerprint density at radius 3 is 2.74 bits per heavy atom. The van der Waals surface area contributed by atoms with Crippen molar-refractivity contribution in [2.75, 3.05) is 26.2 Å². The van der Waals surface area contributed by atoms with E-state index >= 15 is 0 Å². The number of hydrogen-bond acceptors (Lipinski definition) is 3. The van der Waals surface area contributed by atoms with Gasteiger partial charge in [0, 0.05) is 30.0 Å². The van der Waals surface area contributed by atoms with E-state index in [9.17, 15) is 9.59 Å². The number of carbonyl (C=O) groups is 2. The molecule has 1 aromatic carbocycles. The van der Waals surface area contributed by atoms with Crippen molar-refractivity contribution in [1.82, 2.24) is 14.8 Å². The summed E-state index contributed by atoms with van der Waals surface area (Å²) in [5.41, 5.74) is 1.42. The number of aromatic amines is 1. The van der Waals surface area contributed by atoms with Crippen LogP contribution in [0.5, 0.6) is 5.75 Å². The summed E-state index contributed by atoms with van der Waals surface area (Å²) >= 11 is 0. The van der Waals surface area contributed by atoms with Gasteiger partial charge in [0.05, 0.1) is 6.61 Å². The second-order valence-corrected chi connectivity index (χ2v) is 7.47. The normalized spacial score (nSPS) is 18.9. The van der Waals surface area contributed by atoms with Gasteiger partial charge in [0.15, 0.2) is 0 Å². The molecule has 144 valence electrons. The summed E-state index contributed by atoms with van der Waals surface area (Å²) in [4.78, 5) is 32.4. The van der Waals surface area contributed by atoms with Gasteiger partial charge in [-0.25, -0.2) is 0 Å². The Hall–Kier alpha value is -2.50. The fraction of sp³-hybridized carbons (Fsp3) is 0.524. The molecule has 0 bridgehead atoms. The van der Waals surface area contributed by atoms with Crippen LogP contribution in [0.3, 0.4) is 0 Å². The van der Waals surface area contributed by atoms with Gasteiger partial charge in [0.25, 0.3) is 5.91 Å². The molecule has 2 aliphatic rings. The van der Waals surface area contributed by atoms with Crippen LogP contribution >= 0.6 is 0 Å². The highest BCUT2D eigenvalue weighted by molar-refractivity contribution is 6.00. The summed E-state index contributed by atoms with van der Waals surface area (Å²) in [5.74, 6) is 0.760. The third-order valence-electron chi connectivity index (χ3n) is 5.69. The summed E-state index contributed by atoms with van der Waals surface area (Å²) in [6.45, 7) is 3.97. The molecule has 2 fully saturated rings. The number of carbonyl (C=O) groups excluding carboxylic acids is 2. The third kappa shape index (κ3) is 3.66. The van der Waals surface area contributed by atoms with Gasteiger partial charge in [-0.15, -0.1) is 0 Å². The van der Waals surface area contributed by atoms with Gasteiger partial charge in [-0.05, 0) is 44.0 Å². The van der Waals surface area contributed by atoms with Crippen LogP contribution in [0, 0.1) is 0 Å². The molecule has 27 heavy (non-hydrogen) atoms. The minimum absolute atomic E-state index is 0.0799. The molecule has 1 aliphatic heterocycles. The van der Waals surface area contributed by atoms with Crippen LogP contribution in [0.1, 0.15) is 49.5 Å². The van der Waals surface area contributed by atoms with Crippen LogP contribution in [0.15, 0.2) is 24.3 Å². The van der Waals surface area contributed by atoms with Gasteiger partial charge < -0.3 is 19.5 Å². The maximum atomic E-state index is 12.9. The lowest BCUT2D eigenvalue weighted by Gasteiger charge is -2.40. The third-order valence-corrected chi connectivity index (χ3v) is 5.69. The second kappa shape index (κ2) is 7.62. The standard InChI is InChI=1S/C21H27N3O3/c1-2-27-17-8-9-18-15(12-17)13-19(22-18)21(26)23-10-11-24(20(25)14-23)16-6-4-3-5-7-16/h8-9,12-13,16,22H,2-7,10-11,14H2,1H3. The molecule has 1 aliphatic carbocycles. The van der Waals surface area contributed by atoms with Crippen LogP contribution in [0.4, 0.5) is 0 Å². The average molecular weight is 369 g/mol. The summed E-state index contributed by atoms with van der Waals surface area (Å²) < 4.78 is 5.52. The van der Waals surface area contributed by atoms with Crippen LogP contribution in [-0.4, -0.2) is 58.9 Å². The predicted octanol–water partition coefficient (Wildman–Crippen LogP) is 3.18. The Balaban J connectivity index is 1.45. The van der Waals surface area contributed by atoms with E-state index in [2.05, 4.69) is 4.98 Å². The predicted molar refractivity (Wildman–Crippen MR) is 104 cm³/mol. The molecule has 1 aromatic heterocycles. The first-order chi connectivity index (χ1) is 13.2. The lowest BCUT2D eigenvalue weighted by molar-refractivity contribution is -0.138. The summed E-state index contributed by atoms with van der Waals surface area (Å²) in [7, 11) is 0. The van der Waals surface area contributed by atoms with Gasteiger partial charge in [-0.2, -0.15) is 0 Å². The van der Waals surface area contributed by atoms with Gasteiger partial charge in [0.2, 0.25) is 5.91 Å². The fourth-order valence-electron chi connectivity index (χ4n) is 4.29. The number of benzene rings is 1. The first kappa shape index (κ1) is 17.9. The minimum Gasteiger partial charge on any atom is -0.494 e. The lowest BCUT2D eigenvalue weighted by Crippen LogP contribution is -2.55. The molecule has 2 amide bonds. The van der Waals surface area contributed by atoms with Crippen molar-refractivity contribution in [1.29, 1.82) is 0 Å². The van der Waals surface area contributed by atoms with E-state index in [1.807, 2.05) is 36.1 Å². The fourth-order valence-corrected chi connectivity index (χ4v) is 4.29. The van der Waals surface area contributed by atoms with E-state index in [-0.39, 0.29) is 18.4 Å². The highest BCUT2D eigenvalue weighted by Crippen LogP contribution is 2.25. The number of rotatable bonds is 4. The number of amides is 2. The molecule has 1 saturated carbocycles. The van der Waals surface area contributed by atoms with Crippen molar-refractivity contribution >= 4 is 22.7 Å². The molecule has 0 spiro atoms. The van der Waals surface area contributed by atoms with Crippen LogP contribution in [0.25, 0.3) is 10.9 Å². The van der Waals surface area contributed by atoms with E-state index in [1.165, 1.54) is 19.3 Å². The molecule has 0 atom stereocenters. The number of nitrogens with zero attached hydrogens (tertiary/aromatic N) is 2. The van der Waals surface area contributed by atoms with Crippen molar-refractivity contribution in [2.45, 2.75) is 45.1 Å². The minimum atomic E-state index is -0.110. The van der Waals surface area contributed by atoms with Crippen LogP contribution in [-0.2, 0) is 4.79 Å². The van der Waals surface area contributed by atoms with Crippen molar-refractivity contribution in [3.05, 3.63) is 30.0 Å². The second-order valence-electron chi connectivity index (χ2n) is 7.47. The van der Waals surface area contributed by atoms with Crippen LogP contribution < -0.4 is 4.74 Å². The zero-order valence-electron chi connectivity index (χ0n) is 15.9. The lowest BCUT2D eigenvalue weighted by atomic mass is 9.93. The van der Waals surface area contributed by atoms with E-state index < -0.39 is 0 Å². The Labute approximate surface area is 159 Å². The molecule has 6 nitrogen and oxygen atoms in total. The smallest absolute Gasteiger partial charge is 0.270 e. The summed E-state index contributed by atoms with van der Waals surface area (Å²) in [6.07, 6.45) is 5.88. The number of H-pyrrole nitrogens is 1. The van der Waals surface area contributed by atoms with Gasteiger partial charge >= 0.3 is 0 Å². The SMILES string of the molecule is CCOc1ccc2[nH]c(C(=O)N3CCN(C4CCCCC4)C(=O)C3)cc2c1. The van der Waals surface area contributed by atoms with E-state index in [4.69, 9.17) is 4.74 Å². The van der Waals surface area contributed by atoms with Gasteiger partial charge in [-0.3, -0.25) is 9.59 Å². The number of nitrogens with one attached hydrogen (secondary N) is 1. The molecular weight excluding hydrogens is 342 g/mol. The van der Waals surface area contributed by atoms with E-state index in [0.717, 1.165) is 29.5 Å². The summed E-state index contributed by atoms with van der Waals surface area (Å²) in [6, 6.07) is 7.96. The summed E-state index contributed by atoms with van der Waals surface area (Å²) in [5, 5.41) is 0.941. The van der Waals surface area contributed by atoms with E-state index in [1.54, 1.807) is 4.90 Å². The molecule has 0 radical (unpaired) electrons. The molecule has 4 rings (SSSR count). The van der Waals surface area contributed by atoms with Gasteiger partial charge in [-0.1, -0.05) is 19.3 Å². The highest BCUT2D eigenvalue weighted by atomic mass is 16.5. The molecule has 1 N–H and O–H groups in total. The topological polar surface area (TPSA) is 65.6 Å². The molecule has 1 saturated heterocycles.